The highest BCUT2D eigenvalue weighted by atomic mass is 16.5. The van der Waals surface area contributed by atoms with E-state index in [4.69, 9.17) is 14.9 Å². The number of carbonyl (C=O) groups excluding carboxylic acids is 1. The molecule has 0 heterocycles. The zero-order valence-electron chi connectivity index (χ0n) is 9.89. The van der Waals surface area contributed by atoms with Crippen LogP contribution in [-0.2, 0) is 19.1 Å². The maximum absolute atomic E-state index is 11.1. The Balaban J connectivity index is 3.52. The number of allylic oxidation sites excluding steroid dienone is 1. The molecule has 0 aromatic rings. The second kappa shape index (κ2) is 5.33. The third kappa shape index (κ3) is 2.33. The highest BCUT2D eigenvalue weighted by Gasteiger charge is 2.37. The summed E-state index contributed by atoms with van der Waals surface area (Å²) in [6.07, 6.45) is 1.21. The summed E-state index contributed by atoms with van der Waals surface area (Å²) in [5.41, 5.74) is -0.0986. The van der Waals surface area contributed by atoms with Crippen LogP contribution in [-0.4, -0.2) is 34.7 Å². The van der Waals surface area contributed by atoms with Gasteiger partial charge in [0.25, 0.3) is 0 Å². The minimum absolute atomic E-state index is 0.106. The Kier molecular flexibility index (Phi) is 4.07. The van der Waals surface area contributed by atoms with Crippen LogP contribution < -0.4 is 0 Å². The summed E-state index contributed by atoms with van der Waals surface area (Å²) in [6.45, 7) is 3.18. The Bertz CT molecular complexity index is 505. The molecule has 1 rings (SSSR count). The second-order valence-corrected chi connectivity index (χ2v) is 3.63. The summed E-state index contributed by atoms with van der Waals surface area (Å²) < 4.78 is 5.11. The van der Waals surface area contributed by atoms with E-state index in [2.05, 4.69) is 0 Å². The van der Waals surface area contributed by atoms with Crippen molar-refractivity contribution in [3.63, 3.8) is 0 Å². The van der Waals surface area contributed by atoms with E-state index in [1.165, 1.54) is 18.9 Å². The zero-order chi connectivity index (χ0) is 13.9. The molecule has 0 aliphatic heterocycles. The maximum atomic E-state index is 11.1. The number of hydrogen-bond donors (Lipinski definition) is 2. The van der Waals surface area contributed by atoms with Crippen LogP contribution >= 0.6 is 0 Å². The molecule has 0 fully saturated rings. The fourth-order valence-corrected chi connectivity index (χ4v) is 1.79. The van der Waals surface area contributed by atoms with E-state index in [9.17, 15) is 14.4 Å². The van der Waals surface area contributed by atoms with E-state index in [0.29, 0.717) is 0 Å². The van der Waals surface area contributed by atoms with Gasteiger partial charge in [-0.25, -0.2) is 9.59 Å². The van der Waals surface area contributed by atoms with Crippen molar-refractivity contribution in [3.8, 4) is 0 Å². The lowest BCUT2D eigenvalue weighted by molar-refractivity contribution is -0.140. The molecule has 0 bridgehead atoms. The van der Waals surface area contributed by atoms with Gasteiger partial charge in [-0.3, -0.25) is 4.79 Å². The molecule has 1 aliphatic carbocycles. The van der Waals surface area contributed by atoms with Crippen molar-refractivity contribution >= 4 is 17.9 Å². The Morgan fingerprint density at radius 1 is 1.44 bits per heavy atom. The normalized spacial score (nSPS) is 19.1. The fourth-order valence-electron chi connectivity index (χ4n) is 1.79. The highest BCUT2D eigenvalue weighted by Crippen LogP contribution is 2.33. The van der Waals surface area contributed by atoms with E-state index in [1.807, 2.05) is 0 Å². The van der Waals surface area contributed by atoms with E-state index in [0.717, 1.165) is 0 Å². The summed E-state index contributed by atoms with van der Waals surface area (Å²) in [5.74, 6) is -2.77. The van der Waals surface area contributed by atoms with E-state index in [1.54, 1.807) is 6.92 Å². The maximum Gasteiger partial charge on any atom is 0.339 e. The molecule has 1 unspecified atom stereocenters. The number of aliphatic carboxylic acids is 2. The minimum Gasteiger partial charge on any atom is -0.496 e. The van der Waals surface area contributed by atoms with Gasteiger partial charge in [0.15, 0.2) is 5.92 Å². The average molecular weight is 252 g/mol. The molecule has 2 N–H and O–H groups in total. The number of hydrogen-bond acceptors (Lipinski definition) is 4. The van der Waals surface area contributed by atoms with Gasteiger partial charge < -0.3 is 14.9 Å². The van der Waals surface area contributed by atoms with Crippen LogP contribution in [0.1, 0.15) is 13.8 Å². The van der Waals surface area contributed by atoms with Crippen LogP contribution in [0.4, 0.5) is 0 Å². The number of rotatable bonds is 4. The molecule has 0 aromatic heterocycles. The number of carboxylic acids is 2. The standard InChI is InChI=1S/C12H12O6/c1-3-18-10-8(11(14)15)6(2)4-7(5-13)9(10)12(16)17/h4,9H,3H2,1-2H3,(H,14,15)(H,16,17). The number of ether oxygens (including phenoxy) is 1. The van der Waals surface area contributed by atoms with Crippen molar-refractivity contribution < 1.29 is 29.3 Å². The van der Waals surface area contributed by atoms with Crippen LogP contribution in [0.3, 0.4) is 0 Å². The molecule has 0 saturated carbocycles. The minimum atomic E-state index is -1.42. The molecule has 18 heavy (non-hydrogen) atoms. The van der Waals surface area contributed by atoms with Gasteiger partial charge in [0.2, 0.25) is 0 Å². The zero-order valence-corrected chi connectivity index (χ0v) is 9.89. The van der Waals surface area contributed by atoms with Crippen LogP contribution in [0.2, 0.25) is 0 Å². The van der Waals surface area contributed by atoms with Gasteiger partial charge in [0.05, 0.1) is 12.2 Å². The lowest BCUT2D eigenvalue weighted by Crippen LogP contribution is -2.27. The molecular weight excluding hydrogens is 240 g/mol. The average Bonchev–Trinajstić information content (AvgIpc) is 2.27. The largest absolute Gasteiger partial charge is 0.496 e. The predicted molar refractivity (Wildman–Crippen MR) is 60.4 cm³/mol. The van der Waals surface area contributed by atoms with Crippen molar-refractivity contribution in [1.82, 2.24) is 0 Å². The van der Waals surface area contributed by atoms with Gasteiger partial charge >= 0.3 is 11.9 Å². The van der Waals surface area contributed by atoms with Crippen LogP contribution in [0.5, 0.6) is 0 Å². The van der Waals surface area contributed by atoms with Gasteiger partial charge in [0.1, 0.15) is 17.3 Å². The van der Waals surface area contributed by atoms with E-state index in [-0.39, 0.29) is 29.1 Å². The van der Waals surface area contributed by atoms with Crippen molar-refractivity contribution in [1.29, 1.82) is 0 Å². The van der Waals surface area contributed by atoms with Crippen LogP contribution in [0.25, 0.3) is 0 Å². The second-order valence-electron chi connectivity index (χ2n) is 3.63. The summed E-state index contributed by atoms with van der Waals surface area (Å²) in [6, 6.07) is 0. The van der Waals surface area contributed by atoms with Gasteiger partial charge in [-0.2, -0.15) is 0 Å². The molecule has 0 radical (unpaired) electrons. The van der Waals surface area contributed by atoms with Crippen molar-refractivity contribution in [2.24, 2.45) is 5.92 Å². The van der Waals surface area contributed by atoms with Crippen LogP contribution in [0, 0.1) is 5.92 Å². The Morgan fingerprint density at radius 2 is 2.06 bits per heavy atom. The molecular formula is C12H12O6. The smallest absolute Gasteiger partial charge is 0.339 e. The van der Waals surface area contributed by atoms with Gasteiger partial charge in [-0.15, -0.1) is 0 Å². The molecule has 6 heteroatoms. The van der Waals surface area contributed by atoms with E-state index < -0.39 is 17.9 Å². The highest BCUT2D eigenvalue weighted by molar-refractivity contribution is 5.96. The van der Waals surface area contributed by atoms with Crippen LogP contribution in [0.15, 0.2) is 28.6 Å². The molecule has 96 valence electrons. The molecule has 0 saturated heterocycles. The first-order valence-electron chi connectivity index (χ1n) is 5.20. The third-order valence-electron chi connectivity index (χ3n) is 2.46. The van der Waals surface area contributed by atoms with Gasteiger partial charge in [0, 0.05) is 0 Å². The summed E-state index contributed by atoms with van der Waals surface area (Å²) in [5, 5.41) is 18.2. The topological polar surface area (TPSA) is 101 Å². The molecule has 1 aliphatic rings. The lowest BCUT2D eigenvalue weighted by atomic mass is 9.85. The van der Waals surface area contributed by atoms with Gasteiger partial charge in [-0.1, -0.05) is 0 Å². The van der Waals surface area contributed by atoms with E-state index >= 15 is 0 Å². The Hall–Kier alpha value is -2.33. The summed E-state index contributed by atoms with van der Waals surface area (Å²) in [4.78, 5) is 33.0. The molecule has 0 aromatic carbocycles. The molecule has 0 amide bonds. The van der Waals surface area contributed by atoms with Crippen molar-refractivity contribution in [2.45, 2.75) is 13.8 Å². The first kappa shape index (κ1) is 13.7. The SMILES string of the molecule is CCOC1=C(C(=O)O)C(C)=CC(=C=O)C1C(=O)O. The summed E-state index contributed by atoms with van der Waals surface area (Å²) >= 11 is 0. The number of carboxylic acid groups (broad SMARTS) is 2. The monoisotopic (exact) mass is 252 g/mol. The fraction of sp³-hybridized carbons (Fsp3) is 0.333. The predicted octanol–water partition coefficient (Wildman–Crippen LogP) is 0.780. The number of carbonyl (C=O) groups is 2. The first-order valence-corrected chi connectivity index (χ1v) is 5.20. The quantitative estimate of drug-likeness (QED) is 0.717. The Morgan fingerprint density at radius 3 is 2.44 bits per heavy atom. The molecule has 0 spiro atoms. The molecule has 1 atom stereocenters. The lowest BCUT2D eigenvalue weighted by Gasteiger charge is -2.23. The third-order valence-corrected chi connectivity index (χ3v) is 2.46. The first-order chi connectivity index (χ1) is 8.43. The van der Waals surface area contributed by atoms with Crippen molar-refractivity contribution in [2.75, 3.05) is 6.61 Å². The van der Waals surface area contributed by atoms with Gasteiger partial charge in [-0.05, 0) is 25.5 Å². The Labute approximate surface area is 103 Å². The van der Waals surface area contributed by atoms with Crippen molar-refractivity contribution in [3.05, 3.63) is 28.6 Å². The molecule has 6 nitrogen and oxygen atoms in total. The summed E-state index contributed by atoms with van der Waals surface area (Å²) in [7, 11) is 0.